The van der Waals surface area contributed by atoms with Crippen LogP contribution in [0.2, 0.25) is 0 Å². The van der Waals surface area contributed by atoms with Crippen molar-refractivity contribution in [3.8, 4) is 11.5 Å². The summed E-state index contributed by atoms with van der Waals surface area (Å²) >= 11 is 0. The third kappa shape index (κ3) is 2.60. The number of hydrogen-bond acceptors (Lipinski definition) is 5. The average molecular weight is 305 g/mol. The minimum absolute atomic E-state index is 0.0181. The number of ether oxygens (including phenoxy) is 1. The van der Waals surface area contributed by atoms with Gasteiger partial charge in [0.1, 0.15) is 11.5 Å². The molecule has 1 unspecified atom stereocenters. The summed E-state index contributed by atoms with van der Waals surface area (Å²) < 4.78 is 10.6. The van der Waals surface area contributed by atoms with Crippen LogP contribution in [0.1, 0.15) is 16.2 Å². The molecule has 1 aliphatic heterocycles. The summed E-state index contributed by atoms with van der Waals surface area (Å²) in [6, 6.07) is 4.13. The maximum atomic E-state index is 12.5. The van der Waals surface area contributed by atoms with Gasteiger partial charge in [0.2, 0.25) is 0 Å². The van der Waals surface area contributed by atoms with Crippen molar-refractivity contribution in [3.05, 3.63) is 29.7 Å². The van der Waals surface area contributed by atoms with Crippen molar-refractivity contribution in [1.29, 1.82) is 0 Å². The smallest absolute Gasteiger partial charge is 0.328 e. The Kier molecular flexibility index (Phi) is 3.68. The summed E-state index contributed by atoms with van der Waals surface area (Å²) in [6.45, 7) is 2.33. The highest BCUT2D eigenvalue weighted by Crippen LogP contribution is 2.21. The van der Waals surface area contributed by atoms with Gasteiger partial charge in [0.25, 0.3) is 5.91 Å². The summed E-state index contributed by atoms with van der Waals surface area (Å²) in [6.07, 6.45) is 0. The number of carbonyl (C=O) groups is 2. The molecule has 0 bridgehead atoms. The Labute approximate surface area is 125 Å². The second kappa shape index (κ2) is 5.64. The number of aromatic nitrogens is 2. The molecular weight excluding hydrogens is 290 g/mol. The standard InChI is InChI=1S/C14H15N3O5/c1-8-2-3-12(22-8)9-6-10(16-15-9)13(18)17-4-5-21-7-11(17)14(19)20/h2-3,6,11H,4-5,7H2,1H3,(H,15,16)(H,19,20). The number of aromatic amines is 1. The number of aryl methyl sites for hydroxylation is 1. The van der Waals surface area contributed by atoms with Gasteiger partial charge in [0.05, 0.1) is 13.2 Å². The molecule has 116 valence electrons. The molecule has 1 aliphatic rings. The molecule has 2 aromatic heterocycles. The molecular formula is C14H15N3O5. The number of hydrogen-bond donors (Lipinski definition) is 2. The lowest BCUT2D eigenvalue weighted by Gasteiger charge is -2.32. The first-order chi connectivity index (χ1) is 10.6. The van der Waals surface area contributed by atoms with E-state index in [4.69, 9.17) is 9.15 Å². The van der Waals surface area contributed by atoms with Crippen LogP contribution in [0.3, 0.4) is 0 Å². The summed E-state index contributed by atoms with van der Waals surface area (Å²) in [7, 11) is 0. The number of nitrogens with one attached hydrogen (secondary N) is 1. The van der Waals surface area contributed by atoms with Crippen molar-refractivity contribution in [1.82, 2.24) is 15.1 Å². The SMILES string of the molecule is Cc1ccc(-c2cc(C(=O)N3CCOCC3C(=O)O)n[nH]2)o1. The van der Waals surface area contributed by atoms with Crippen molar-refractivity contribution in [2.24, 2.45) is 0 Å². The highest BCUT2D eigenvalue weighted by atomic mass is 16.5. The van der Waals surface area contributed by atoms with Crippen LogP contribution in [0.4, 0.5) is 0 Å². The molecule has 1 saturated heterocycles. The zero-order valence-corrected chi connectivity index (χ0v) is 11.9. The fraction of sp³-hybridized carbons (Fsp3) is 0.357. The molecule has 2 N–H and O–H groups in total. The molecule has 3 rings (SSSR count). The number of nitrogens with zero attached hydrogens (tertiary/aromatic N) is 2. The van der Waals surface area contributed by atoms with Crippen LogP contribution in [0.15, 0.2) is 22.6 Å². The summed E-state index contributed by atoms with van der Waals surface area (Å²) in [5.41, 5.74) is 0.716. The average Bonchev–Trinajstić information content (AvgIpc) is 3.15. The van der Waals surface area contributed by atoms with Gasteiger partial charge in [-0.05, 0) is 19.1 Å². The van der Waals surface area contributed by atoms with Gasteiger partial charge in [-0.15, -0.1) is 0 Å². The number of rotatable bonds is 3. The highest BCUT2D eigenvalue weighted by Gasteiger charge is 2.34. The third-order valence-electron chi connectivity index (χ3n) is 3.48. The van der Waals surface area contributed by atoms with Gasteiger partial charge >= 0.3 is 5.97 Å². The normalized spacial score (nSPS) is 18.4. The molecule has 3 heterocycles. The lowest BCUT2D eigenvalue weighted by Crippen LogP contribution is -2.52. The number of carbonyl (C=O) groups excluding carboxylic acids is 1. The zero-order valence-electron chi connectivity index (χ0n) is 11.9. The van der Waals surface area contributed by atoms with Crippen LogP contribution in [-0.4, -0.2) is 57.9 Å². The number of morpholine rings is 1. The molecule has 1 amide bonds. The number of carboxylic acids is 1. The minimum atomic E-state index is -1.09. The largest absolute Gasteiger partial charge is 0.480 e. The number of H-pyrrole nitrogens is 1. The van der Waals surface area contributed by atoms with Crippen LogP contribution in [0, 0.1) is 6.92 Å². The quantitative estimate of drug-likeness (QED) is 0.872. The van der Waals surface area contributed by atoms with Crippen LogP contribution < -0.4 is 0 Å². The molecule has 8 heteroatoms. The van der Waals surface area contributed by atoms with Crippen LogP contribution in [0.25, 0.3) is 11.5 Å². The Bertz CT molecular complexity index is 705. The number of amides is 1. The van der Waals surface area contributed by atoms with Crippen molar-refractivity contribution < 1.29 is 23.8 Å². The van der Waals surface area contributed by atoms with E-state index < -0.39 is 17.9 Å². The summed E-state index contributed by atoms with van der Waals surface area (Å²) in [4.78, 5) is 24.9. The minimum Gasteiger partial charge on any atom is -0.480 e. The van der Waals surface area contributed by atoms with Gasteiger partial charge < -0.3 is 19.2 Å². The predicted molar refractivity (Wildman–Crippen MR) is 74.3 cm³/mol. The summed E-state index contributed by atoms with van der Waals surface area (Å²) in [5.74, 6) is -0.218. The lowest BCUT2D eigenvalue weighted by atomic mass is 10.2. The first kappa shape index (κ1) is 14.3. The van der Waals surface area contributed by atoms with Crippen LogP contribution >= 0.6 is 0 Å². The van der Waals surface area contributed by atoms with E-state index in [1.807, 2.05) is 6.92 Å². The molecule has 0 spiro atoms. The van der Waals surface area contributed by atoms with Gasteiger partial charge in [0, 0.05) is 12.6 Å². The van der Waals surface area contributed by atoms with Gasteiger partial charge in [-0.3, -0.25) is 9.89 Å². The molecule has 2 aromatic rings. The van der Waals surface area contributed by atoms with E-state index in [1.165, 1.54) is 4.90 Å². The number of furan rings is 1. The van der Waals surface area contributed by atoms with Gasteiger partial charge in [0.15, 0.2) is 17.5 Å². The van der Waals surface area contributed by atoms with E-state index in [0.717, 1.165) is 5.76 Å². The zero-order chi connectivity index (χ0) is 15.7. The Hall–Kier alpha value is -2.61. The Morgan fingerprint density at radius 1 is 1.45 bits per heavy atom. The number of aliphatic carboxylic acids is 1. The first-order valence-electron chi connectivity index (χ1n) is 6.80. The van der Waals surface area contributed by atoms with Crippen molar-refractivity contribution in [2.45, 2.75) is 13.0 Å². The van der Waals surface area contributed by atoms with Crippen LogP contribution in [-0.2, 0) is 9.53 Å². The molecule has 0 aromatic carbocycles. The van der Waals surface area contributed by atoms with Crippen molar-refractivity contribution in [2.75, 3.05) is 19.8 Å². The number of carboxylic acid groups (broad SMARTS) is 1. The monoisotopic (exact) mass is 305 g/mol. The Balaban J connectivity index is 1.83. The lowest BCUT2D eigenvalue weighted by molar-refractivity contribution is -0.147. The van der Waals surface area contributed by atoms with E-state index in [-0.39, 0.29) is 18.8 Å². The van der Waals surface area contributed by atoms with E-state index in [0.29, 0.717) is 18.1 Å². The van der Waals surface area contributed by atoms with Gasteiger partial charge in [-0.2, -0.15) is 5.10 Å². The van der Waals surface area contributed by atoms with E-state index >= 15 is 0 Å². The van der Waals surface area contributed by atoms with Gasteiger partial charge in [-0.1, -0.05) is 0 Å². The van der Waals surface area contributed by atoms with Crippen molar-refractivity contribution in [3.63, 3.8) is 0 Å². The maximum Gasteiger partial charge on any atom is 0.328 e. The topological polar surface area (TPSA) is 109 Å². The highest BCUT2D eigenvalue weighted by molar-refractivity contribution is 5.96. The fourth-order valence-electron chi connectivity index (χ4n) is 2.34. The molecule has 1 fully saturated rings. The molecule has 0 saturated carbocycles. The van der Waals surface area contributed by atoms with E-state index in [9.17, 15) is 14.7 Å². The maximum absolute atomic E-state index is 12.5. The molecule has 0 aliphatic carbocycles. The van der Waals surface area contributed by atoms with E-state index in [1.54, 1.807) is 18.2 Å². The third-order valence-corrected chi connectivity index (χ3v) is 3.48. The van der Waals surface area contributed by atoms with Gasteiger partial charge in [-0.25, -0.2) is 4.79 Å². The molecule has 22 heavy (non-hydrogen) atoms. The summed E-state index contributed by atoms with van der Waals surface area (Å²) in [5, 5.41) is 15.9. The molecule has 1 atom stereocenters. The Morgan fingerprint density at radius 3 is 2.95 bits per heavy atom. The fourth-order valence-corrected chi connectivity index (χ4v) is 2.34. The first-order valence-corrected chi connectivity index (χ1v) is 6.80. The second-order valence-corrected chi connectivity index (χ2v) is 5.00. The molecule has 8 nitrogen and oxygen atoms in total. The predicted octanol–water partition coefficient (Wildman–Crippen LogP) is 0.904. The van der Waals surface area contributed by atoms with E-state index in [2.05, 4.69) is 10.2 Å². The van der Waals surface area contributed by atoms with Crippen LogP contribution in [0.5, 0.6) is 0 Å². The molecule has 0 radical (unpaired) electrons. The van der Waals surface area contributed by atoms with Crippen molar-refractivity contribution >= 4 is 11.9 Å². The Morgan fingerprint density at radius 2 is 2.27 bits per heavy atom. The second-order valence-electron chi connectivity index (χ2n) is 5.00.